The minimum atomic E-state index is -1.04. The number of benzene rings is 1. The van der Waals surface area contributed by atoms with Gasteiger partial charge in [-0.25, -0.2) is 4.79 Å². The van der Waals surface area contributed by atoms with Gasteiger partial charge in [-0.1, -0.05) is 11.6 Å². The molecule has 1 heterocycles. The molecule has 2 aromatic rings. The summed E-state index contributed by atoms with van der Waals surface area (Å²) in [7, 11) is 0. The van der Waals surface area contributed by atoms with Crippen LogP contribution in [-0.2, 0) is 0 Å². The molecule has 0 aliphatic rings. The van der Waals surface area contributed by atoms with Gasteiger partial charge in [-0.05, 0) is 12.1 Å². The number of aromatic carboxylic acids is 1. The number of fused-ring (bicyclic) bond motifs is 1. The van der Waals surface area contributed by atoms with Crippen molar-refractivity contribution in [2.75, 3.05) is 0 Å². The Labute approximate surface area is 78.8 Å². The minimum absolute atomic E-state index is 0. The Hall–Kier alpha value is -1.62. The number of rotatable bonds is 1. The molecule has 5 nitrogen and oxygen atoms in total. The number of H-pyrrole nitrogens is 1. The van der Waals surface area contributed by atoms with Crippen molar-refractivity contribution in [3.63, 3.8) is 0 Å². The van der Waals surface area contributed by atoms with E-state index in [1.54, 1.807) is 0 Å². The number of nitrogens with zero attached hydrogens (tertiary/aromatic N) is 2. The van der Waals surface area contributed by atoms with Gasteiger partial charge in [0.2, 0.25) is 0 Å². The van der Waals surface area contributed by atoms with E-state index in [-0.39, 0.29) is 12.0 Å². The Kier molecular flexibility index (Phi) is 1.66. The third-order valence-corrected chi connectivity index (χ3v) is 1.91. The number of carboxylic acids is 1. The molecule has 0 saturated heterocycles. The summed E-state index contributed by atoms with van der Waals surface area (Å²) < 4.78 is 0. The molecule has 0 amide bonds. The molecule has 1 aromatic heterocycles. The van der Waals surface area contributed by atoms with Crippen molar-refractivity contribution in [2.24, 2.45) is 0 Å². The Morgan fingerprint density at radius 2 is 2.31 bits per heavy atom. The lowest BCUT2D eigenvalue weighted by atomic mass is 10.2. The fourth-order valence-electron chi connectivity index (χ4n) is 1.03. The summed E-state index contributed by atoms with van der Waals surface area (Å²) in [5.74, 6) is -1.04. The monoisotopic (exact) mass is 199 g/mol. The first-order chi connectivity index (χ1) is 6.18. The number of hydrogen-bond donors (Lipinski definition) is 2. The molecule has 2 N–H and O–H groups in total. The summed E-state index contributed by atoms with van der Waals surface area (Å²) in [4.78, 5) is 10.6. The molecule has 68 valence electrons. The molecular formula is C7H6ClN3O2. The van der Waals surface area contributed by atoms with Crippen LogP contribution in [0, 0.1) is 0 Å². The van der Waals surface area contributed by atoms with Crippen molar-refractivity contribution in [1.82, 2.24) is 15.4 Å². The molecule has 1 aromatic carbocycles. The zero-order valence-corrected chi connectivity index (χ0v) is 7.04. The van der Waals surface area contributed by atoms with Crippen LogP contribution < -0.4 is 0 Å². The van der Waals surface area contributed by atoms with E-state index < -0.39 is 5.97 Å². The molecule has 6 heteroatoms. The molecule has 0 spiro atoms. The van der Waals surface area contributed by atoms with Gasteiger partial charge in [-0.3, -0.25) is 0 Å². The highest BCUT2D eigenvalue weighted by molar-refractivity contribution is 6.35. The summed E-state index contributed by atoms with van der Waals surface area (Å²) in [5.41, 5.74) is 1.03. The highest BCUT2D eigenvalue weighted by Gasteiger charge is 2.09. The third kappa shape index (κ3) is 1.23. The van der Waals surface area contributed by atoms with E-state index >= 15 is 0 Å². The van der Waals surface area contributed by atoms with Gasteiger partial charge in [0.25, 0.3) is 0 Å². The quantitative estimate of drug-likeness (QED) is 0.731. The van der Waals surface area contributed by atoms with E-state index in [1.165, 1.54) is 12.1 Å². The van der Waals surface area contributed by atoms with Gasteiger partial charge < -0.3 is 5.11 Å². The Bertz CT molecular complexity index is 485. The van der Waals surface area contributed by atoms with Crippen molar-refractivity contribution < 1.29 is 11.3 Å². The molecule has 0 radical (unpaired) electrons. The minimum Gasteiger partial charge on any atom is -0.478 e. The number of hydrogen-bond acceptors (Lipinski definition) is 3. The van der Waals surface area contributed by atoms with Gasteiger partial charge in [0.15, 0.2) is 0 Å². The van der Waals surface area contributed by atoms with Crippen LogP contribution in [-0.4, -0.2) is 26.5 Å². The first kappa shape index (κ1) is 8.00. The van der Waals surface area contributed by atoms with Gasteiger partial charge >= 0.3 is 5.97 Å². The maximum atomic E-state index is 10.6. The van der Waals surface area contributed by atoms with E-state index in [2.05, 4.69) is 15.4 Å². The van der Waals surface area contributed by atoms with Gasteiger partial charge in [0, 0.05) is 1.43 Å². The summed E-state index contributed by atoms with van der Waals surface area (Å²) in [5, 5.41) is 18.8. The second-order valence-corrected chi connectivity index (χ2v) is 2.86. The number of aromatic nitrogens is 3. The smallest absolute Gasteiger partial charge is 0.335 e. The Morgan fingerprint density at radius 1 is 1.54 bits per heavy atom. The normalized spacial score (nSPS) is 10.5. The predicted octanol–water partition coefficient (Wildman–Crippen LogP) is 1.56. The lowest BCUT2D eigenvalue weighted by molar-refractivity contribution is 0.0697. The van der Waals surface area contributed by atoms with Gasteiger partial charge in [-0.2, -0.15) is 15.4 Å². The molecule has 0 atom stereocenters. The number of carbonyl (C=O) groups is 1. The maximum absolute atomic E-state index is 10.6. The topological polar surface area (TPSA) is 78.9 Å². The first-order valence-electron chi connectivity index (χ1n) is 3.42. The zero-order chi connectivity index (χ0) is 9.42. The van der Waals surface area contributed by atoms with Crippen LogP contribution in [0.4, 0.5) is 0 Å². The fraction of sp³-hybridized carbons (Fsp3) is 0. The number of carboxylic acid groups (broad SMARTS) is 1. The highest BCUT2D eigenvalue weighted by atomic mass is 35.5. The third-order valence-electron chi connectivity index (χ3n) is 1.62. The van der Waals surface area contributed by atoms with E-state index in [0.717, 1.165) is 0 Å². The van der Waals surface area contributed by atoms with Crippen molar-refractivity contribution >= 4 is 28.6 Å². The molecule has 0 aliphatic heterocycles. The van der Waals surface area contributed by atoms with Crippen molar-refractivity contribution in [1.29, 1.82) is 0 Å². The van der Waals surface area contributed by atoms with Crippen molar-refractivity contribution in [3.8, 4) is 0 Å². The van der Waals surface area contributed by atoms with Crippen LogP contribution in [0.25, 0.3) is 11.0 Å². The van der Waals surface area contributed by atoms with Crippen LogP contribution in [0.1, 0.15) is 11.8 Å². The molecule has 0 fully saturated rings. The van der Waals surface area contributed by atoms with Crippen LogP contribution in [0.2, 0.25) is 5.02 Å². The predicted molar refractivity (Wildman–Crippen MR) is 48.0 cm³/mol. The average Bonchev–Trinajstić information content (AvgIpc) is 2.51. The summed E-state index contributed by atoms with van der Waals surface area (Å²) in [6.07, 6.45) is 0. The Balaban J connectivity index is 0.000000980. The van der Waals surface area contributed by atoms with E-state index in [0.29, 0.717) is 11.0 Å². The van der Waals surface area contributed by atoms with Crippen molar-refractivity contribution in [3.05, 3.63) is 22.7 Å². The van der Waals surface area contributed by atoms with Crippen molar-refractivity contribution in [2.45, 2.75) is 0 Å². The van der Waals surface area contributed by atoms with E-state index in [9.17, 15) is 4.79 Å². The second-order valence-electron chi connectivity index (χ2n) is 2.45. The number of nitrogens with one attached hydrogen (secondary N) is 1. The highest BCUT2D eigenvalue weighted by Crippen LogP contribution is 2.21. The maximum Gasteiger partial charge on any atom is 0.335 e. The first-order valence-corrected chi connectivity index (χ1v) is 3.79. The molecule has 0 unspecified atom stereocenters. The molecule has 13 heavy (non-hydrogen) atoms. The van der Waals surface area contributed by atoms with Gasteiger partial charge in [0.05, 0.1) is 10.6 Å². The molecule has 2 rings (SSSR count). The molecule has 0 bridgehead atoms. The van der Waals surface area contributed by atoms with Crippen LogP contribution in [0.15, 0.2) is 12.1 Å². The summed E-state index contributed by atoms with van der Waals surface area (Å²) in [6, 6.07) is 2.75. The summed E-state index contributed by atoms with van der Waals surface area (Å²) in [6.45, 7) is 0. The summed E-state index contributed by atoms with van der Waals surface area (Å²) >= 11 is 5.76. The van der Waals surface area contributed by atoms with Gasteiger partial charge in [0.1, 0.15) is 11.0 Å². The zero-order valence-electron chi connectivity index (χ0n) is 6.28. The van der Waals surface area contributed by atoms with E-state index in [1.807, 2.05) is 0 Å². The standard InChI is InChI=1S/C7H4ClN3O2.H2/c8-4-1-3(7(12)13)2-5-6(4)10-11-9-5;/h1-2H,(H,12,13)(H,9,10,11);1H. The van der Waals surface area contributed by atoms with E-state index in [4.69, 9.17) is 16.7 Å². The van der Waals surface area contributed by atoms with Crippen LogP contribution >= 0.6 is 11.6 Å². The molecular weight excluding hydrogens is 194 g/mol. The molecule has 0 aliphatic carbocycles. The number of aromatic amines is 1. The van der Waals surface area contributed by atoms with Gasteiger partial charge in [-0.15, -0.1) is 0 Å². The largest absolute Gasteiger partial charge is 0.478 e. The fourth-order valence-corrected chi connectivity index (χ4v) is 1.29. The van der Waals surface area contributed by atoms with Crippen LogP contribution in [0.3, 0.4) is 0 Å². The van der Waals surface area contributed by atoms with Crippen LogP contribution in [0.5, 0.6) is 0 Å². The Morgan fingerprint density at radius 3 is 3.00 bits per heavy atom. The SMILES string of the molecule is O=C(O)c1cc(Cl)c2n[nH]nc2c1.[HH]. The number of halogens is 1. The lowest BCUT2D eigenvalue weighted by Gasteiger charge is -1.94. The lowest BCUT2D eigenvalue weighted by Crippen LogP contribution is -1.95. The second kappa shape index (κ2) is 2.70. The molecule has 0 saturated carbocycles. The average molecular weight is 200 g/mol.